The molecule has 0 atom stereocenters. The highest BCUT2D eigenvalue weighted by atomic mass is 32.2. The summed E-state index contributed by atoms with van der Waals surface area (Å²) in [6.45, 7) is 3.41. The summed E-state index contributed by atoms with van der Waals surface area (Å²) < 4.78 is 26.8. The Morgan fingerprint density at radius 1 is 1.07 bits per heavy atom. The summed E-state index contributed by atoms with van der Waals surface area (Å²) in [7, 11) is -3.43. The number of thiophene rings is 1. The van der Waals surface area contributed by atoms with Crippen molar-refractivity contribution >= 4 is 38.7 Å². The molecule has 1 fully saturated rings. The Labute approximate surface area is 162 Å². The molecule has 7 nitrogen and oxygen atoms in total. The van der Waals surface area contributed by atoms with Crippen LogP contribution in [0.25, 0.3) is 0 Å². The van der Waals surface area contributed by atoms with E-state index < -0.39 is 10.0 Å². The molecule has 1 aliphatic heterocycles. The van der Waals surface area contributed by atoms with Crippen LogP contribution in [0.15, 0.2) is 46.0 Å². The van der Waals surface area contributed by atoms with Gasteiger partial charge in [-0.3, -0.25) is 14.5 Å². The van der Waals surface area contributed by atoms with Gasteiger partial charge in [0.15, 0.2) is 5.78 Å². The Morgan fingerprint density at radius 3 is 2.30 bits per heavy atom. The number of sulfonamides is 1. The first-order valence-corrected chi connectivity index (χ1v) is 10.8. The summed E-state index contributed by atoms with van der Waals surface area (Å²) in [5, 5.41) is 4.54. The van der Waals surface area contributed by atoms with Gasteiger partial charge < -0.3 is 5.32 Å². The maximum Gasteiger partial charge on any atom is 0.252 e. The van der Waals surface area contributed by atoms with Gasteiger partial charge in [0.2, 0.25) is 5.91 Å². The number of anilines is 1. The van der Waals surface area contributed by atoms with Crippen molar-refractivity contribution in [1.29, 1.82) is 0 Å². The predicted molar refractivity (Wildman–Crippen MR) is 105 cm³/mol. The van der Waals surface area contributed by atoms with E-state index in [0.717, 1.165) is 0 Å². The number of ketones is 1. The number of hydrogen-bond acceptors (Lipinski definition) is 6. The number of rotatable bonds is 6. The lowest BCUT2D eigenvalue weighted by molar-refractivity contribution is -0.117. The number of nitrogens with zero attached hydrogens (tertiary/aromatic N) is 2. The normalized spacial score (nSPS) is 16.2. The van der Waals surface area contributed by atoms with Gasteiger partial charge in [0.1, 0.15) is 4.21 Å². The Kier molecular flexibility index (Phi) is 6.05. The Morgan fingerprint density at radius 2 is 1.74 bits per heavy atom. The minimum atomic E-state index is -3.43. The summed E-state index contributed by atoms with van der Waals surface area (Å²) in [5.41, 5.74) is 1.22. The lowest BCUT2D eigenvalue weighted by atomic mass is 10.1. The van der Waals surface area contributed by atoms with Crippen molar-refractivity contribution in [3.05, 3.63) is 47.3 Å². The monoisotopic (exact) mass is 407 g/mol. The van der Waals surface area contributed by atoms with Crippen molar-refractivity contribution in [2.45, 2.75) is 11.1 Å². The fraction of sp³-hybridized carbons (Fsp3) is 0.333. The van der Waals surface area contributed by atoms with Crippen LogP contribution in [0.2, 0.25) is 0 Å². The molecule has 3 rings (SSSR count). The zero-order valence-electron chi connectivity index (χ0n) is 14.9. The van der Waals surface area contributed by atoms with Crippen molar-refractivity contribution in [2.75, 3.05) is 38.0 Å². The van der Waals surface area contributed by atoms with E-state index in [2.05, 4.69) is 5.32 Å². The lowest BCUT2D eigenvalue weighted by Crippen LogP contribution is -2.50. The summed E-state index contributed by atoms with van der Waals surface area (Å²) in [5.74, 6) is -0.191. The van der Waals surface area contributed by atoms with Crippen molar-refractivity contribution in [2.24, 2.45) is 0 Å². The number of benzene rings is 1. The van der Waals surface area contributed by atoms with Crippen LogP contribution >= 0.6 is 11.3 Å². The SMILES string of the molecule is CC(=O)c1ccc(NC(=O)CN2CCN(S(=O)(=O)c3cccs3)CC2)cc1. The predicted octanol–water partition coefficient (Wildman–Crippen LogP) is 1.90. The second-order valence-electron chi connectivity index (χ2n) is 6.29. The zero-order chi connectivity index (χ0) is 19.4. The molecule has 2 aromatic rings. The van der Waals surface area contributed by atoms with E-state index in [-0.39, 0.29) is 18.2 Å². The second kappa shape index (κ2) is 8.30. The van der Waals surface area contributed by atoms with Crippen molar-refractivity contribution < 1.29 is 18.0 Å². The average molecular weight is 408 g/mol. The summed E-state index contributed by atoms with van der Waals surface area (Å²) in [6, 6.07) is 10.1. The minimum Gasteiger partial charge on any atom is -0.325 e. The summed E-state index contributed by atoms with van der Waals surface area (Å²) in [4.78, 5) is 25.4. The highest BCUT2D eigenvalue weighted by molar-refractivity contribution is 7.91. The zero-order valence-corrected chi connectivity index (χ0v) is 16.6. The molecule has 27 heavy (non-hydrogen) atoms. The second-order valence-corrected chi connectivity index (χ2v) is 9.41. The fourth-order valence-electron chi connectivity index (χ4n) is 2.86. The summed E-state index contributed by atoms with van der Waals surface area (Å²) in [6.07, 6.45) is 0. The smallest absolute Gasteiger partial charge is 0.252 e. The van der Waals surface area contributed by atoms with E-state index in [0.29, 0.717) is 41.6 Å². The topological polar surface area (TPSA) is 86.8 Å². The molecule has 1 aliphatic rings. The van der Waals surface area contributed by atoms with E-state index in [1.165, 1.54) is 22.6 Å². The number of piperazine rings is 1. The van der Waals surface area contributed by atoms with Crippen LogP contribution < -0.4 is 5.32 Å². The van der Waals surface area contributed by atoms with Gasteiger partial charge in [-0.25, -0.2) is 8.42 Å². The number of carbonyl (C=O) groups is 2. The molecular formula is C18H21N3O4S2. The van der Waals surface area contributed by atoms with Gasteiger partial charge >= 0.3 is 0 Å². The maximum absolute atomic E-state index is 12.5. The first-order chi connectivity index (χ1) is 12.9. The van der Waals surface area contributed by atoms with Crippen molar-refractivity contribution in [3.63, 3.8) is 0 Å². The molecule has 1 saturated heterocycles. The van der Waals surface area contributed by atoms with Gasteiger partial charge in [-0.15, -0.1) is 11.3 Å². The third-order valence-corrected chi connectivity index (χ3v) is 7.63. The van der Waals surface area contributed by atoms with Gasteiger partial charge in [0.05, 0.1) is 6.54 Å². The number of nitrogens with one attached hydrogen (secondary N) is 1. The Balaban J connectivity index is 1.50. The van der Waals surface area contributed by atoms with Gasteiger partial charge in [-0.2, -0.15) is 4.31 Å². The van der Waals surface area contributed by atoms with Gasteiger partial charge in [0, 0.05) is 37.4 Å². The molecule has 0 radical (unpaired) electrons. The minimum absolute atomic E-state index is 0.0248. The summed E-state index contributed by atoms with van der Waals surface area (Å²) >= 11 is 1.21. The molecule has 0 bridgehead atoms. The lowest BCUT2D eigenvalue weighted by Gasteiger charge is -2.33. The third-order valence-electron chi connectivity index (χ3n) is 4.36. The molecule has 9 heteroatoms. The van der Waals surface area contributed by atoms with E-state index in [9.17, 15) is 18.0 Å². The van der Waals surface area contributed by atoms with Crippen LogP contribution in [0.4, 0.5) is 5.69 Å². The fourth-order valence-corrected chi connectivity index (χ4v) is 5.42. The van der Waals surface area contributed by atoms with Crippen LogP contribution in [0.5, 0.6) is 0 Å². The molecule has 0 spiro atoms. The number of hydrogen-bond donors (Lipinski definition) is 1. The van der Waals surface area contributed by atoms with E-state index in [1.807, 2.05) is 4.90 Å². The number of Topliss-reactive ketones (excluding diaryl/α,β-unsaturated/α-hetero) is 1. The van der Waals surface area contributed by atoms with Crippen LogP contribution in [-0.4, -0.2) is 62.0 Å². The molecule has 1 amide bonds. The van der Waals surface area contributed by atoms with E-state index in [4.69, 9.17) is 0 Å². The van der Waals surface area contributed by atoms with Crippen LogP contribution in [0.3, 0.4) is 0 Å². The number of amides is 1. The molecule has 1 N–H and O–H groups in total. The molecule has 0 aliphatic carbocycles. The molecule has 144 valence electrons. The molecule has 0 unspecified atom stereocenters. The largest absolute Gasteiger partial charge is 0.325 e. The highest BCUT2D eigenvalue weighted by Crippen LogP contribution is 2.22. The molecule has 1 aromatic carbocycles. The van der Waals surface area contributed by atoms with E-state index >= 15 is 0 Å². The quantitative estimate of drug-likeness (QED) is 0.739. The first-order valence-electron chi connectivity index (χ1n) is 8.53. The van der Waals surface area contributed by atoms with Crippen LogP contribution in [-0.2, 0) is 14.8 Å². The van der Waals surface area contributed by atoms with Crippen molar-refractivity contribution in [1.82, 2.24) is 9.21 Å². The average Bonchev–Trinajstić information content (AvgIpc) is 3.18. The highest BCUT2D eigenvalue weighted by Gasteiger charge is 2.29. The van der Waals surface area contributed by atoms with Gasteiger partial charge in [-0.05, 0) is 42.6 Å². The van der Waals surface area contributed by atoms with E-state index in [1.54, 1.807) is 41.8 Å². The molecular weight excluding hydrogens is 386 g/mol. The van der Waals surface area contributed by atoms with Crippen LogP contribution in [0.1, 0.15) is 17.3 Å². The van der Waals surface area contributed by atoms with Crippen LogP contribution in [0, 0.1) is 0 Å². The van der Waals surface area contributed by atoms with Gasteiger partial charge in [0.25, 0.3) is 10.0 Å². The molecule has 1 aromatic heterocycles. The standard InChI is InChI=1S/C18H21N3O4S2/c1-14(22)15-4-6-16(7-5-15)19-17(23)13-20-8-10-21(11-9-20)27(24,25)18-3-2-12-26-18/h2-7,12H,8-11,13H2,1H3,(H,19,23). The Bertz CT molecular complexity index is 901. The van der Waals surface area contributed by atoms with Gasteiger partial charge in [-0.1, -0.05) is 6.07 Å². The third kappa shape index (κ3) is 4.81. The molecule has 2 heterocycles. The first kappa shape index (κ1) is 19.7. The number of carbonyl (C=O) groups excluding carboxylic acids is 2. The molecule has 0 saturated carbocycles. The maximum atomic E-state index is 12.5. The van der Waals surface area contributed by atoms with Crippen molar-refractivity contribution in [3.8, 4) is 0 Å². The Hall–Kier alpha value is -2.07.